The van der Waals surface area contributed by atoms with Gasteiger partial charge >= 0.3 is 0 Å². The highest BCUT2D eigenvalue weighted by Crippen LogP contribution is 2.19. The summed E-state index contributed by atoms with van der Waals surface area (Å²) in [5, 5.41) is 10.9. The second-order valence-electron chi connectivity index (χ2n) is 7.03. The summed E-state index contributed by atoms with van der Waals surface area (Å²) < 4.78 is 1.97. The lowest BCUT2D eigenvalue weighted by Crippen LogP contribution is -2.49. The van der Waals surface area contributed by atoms with Crippen LogP contribution in [-0.4, -0.2) is 39.3 Å². The maximum absolute atomic E-state index is 12.3. The lowest BCUT2D eigenvalue weighted by molar-refractivity contribution is -0.123. The van der Waals surface area contributed by atoms with Crippen LogP contribution in [-0.2, 0) is 17.8 Å². The van der Waals surface area contributed by atoms with Gasteiger partial charge in [-0.15, -0.1) is 0 Å². The van der Waals surface area contributed by atoms with Gasteiger partial charge < -0.3 is 10.6 Å². The lowest BCUT2D eigenvalue weighted by Gasteiger charge is -2.26. The zero-order valence-corrected chi connectivity index (χ0v) is 14.8. The Hall–Kier alpha value is -1.69. The Kier molecular flexibility index (Phi) is 5.66. The maximum Gasteiger partial charge on any atom is 0.236 e. The molecule has 2 aliphatic rings. The van der Waals surface area contributed by atoms with Crippen molar-refractivity contribution in [3.63, 3.8) is 0 Å². The molecule has 0 aromatic carbocycles. The van der Waals surface area contributed by atoms with Gasteiger partial charge in [0.25, 0.3) is 0 Å². The highest BCUT2D eigenvalue weighted by molar-refractivity contribution is 5.81. The van der Waals surface area contributed by atoms with Crippen LogP contribution in [0.5, 0.6) is 0 Å². The number of hydrogen-bond acceptors (Lipinski definition) is 4. The van der Waals surface area contributed by atoms with Gasteiger partial charge in [0.1, 0.15) is 11.6 Å². The van der Waals surface area contributed by atoms with Crippen LogP contribution in [0.25, 0.3) is 0 Å². The van der Waals surface area contributed by atoms with Crippen molar-refractivity contribution >= 4 is 5.91 Å². The minimum atomic E-state index is -0.179. The van der Waals surface area contributed by atoms with E-state index < -0.39 is 0 Å². The first-order valence-corrected chi connectivity index (χ1v) is 9.24. The fourth-order valence-electron chi connectivity index (χ4n) is 3.63. The molecule has 2 N–H and O–H groups in total. The normalized spacial score (nSPS) is 21.8. The number of hydrogen-bond donors (Lipinski definition) is 2. The summed E-state index contributed by atoms with van der Waals surface area (Å²) in [6.45, 7) is 5.40. The van der Waals surface area contributed by atoms with E-state index in [9.17, 15) is 4.79 Å². The Morgan fingerprint density at radius 1 is 1.42 bits per heavy atom. The van der Waals surface area contributed by atoms with Gasteiger partial charge in [0.2, 0.25) is 5.91 Å². The quantitative estimate of drug-likeness (QED) is 0.781. The number of aromatic nitrogens is 3. The van der Waals surface area contributed by atoms with E-state index in [0.29, 0.717) is 0 Å². The van der Waals surface area contributed by atoms with Crippen LogP contribution in [0, 0.1) is 6.92 Å². The summed E-state index contributed by atoms with van der Waals surface area (Å²) in [6, 6.07) is 0.0990. The van der Waals surface area contributed by atoms with Crippen molar-refractivity contribution in [1.82, 2.24) is 25.4 Å². The van der Waals surface area contributed by atoms with Crippen LogP contribution < -0.4 is 10.6 Å². The smallest absolute Gasteiger partial charge is 0.236 e. The molecule has 6 nitrogen and oxygen atoms in total. The number of carbonyl (C=O) groups excluding carboxylic acids is 1. The fourth-order valence-corrected chi connectivity index (χ4v) is 3.63. The molecule has 2 atom stereocenters. The molecule has 0 fully saturated rings. The Bertz CT molecular complexity index is 607. The first-order chi connectivity index (χ1) is 11.6. The minimum absolute atomic E-state index is 0.0898. The maximum atomic E-state index is 12.3. The third-order valence-corrected chi connectivity index (χ3v) is 4.97. The number of nitrogens with one attached hydrogen (secondary N) is 2. The van der Waals surface area contributed by atoms with E-state index in [-0.39, 0.29) is 18.0 Å². The van der Waals surface area contributed by atoms with E-state index in [4.69, 9.17) is 0 Å². The van der Waals surface area contributed by atoms with Crippen LogP contribution in [0.3, 0.4) is 0 Å². The van der Waals surface area contributed by atoms with Gasteiger partial charge in [-0.05, 0) is 52.4 Å². The number of rotatable bonds is 6. The van der Waals surface area contributed by atoms with Gasteiger partial charge in [-0.2, -0.15) is 5.10 Å². The Balaban J connectivity index is 1.40. The van der Waals surface area contributed by atoms with Gasteiger partial charge in [-0.1, -0.05) is 11.6 Å². The summed E-state index contributed by atoms with van der Waals surface area (Å²) in [5.41, 5.74) is 1.50. The van der Waals surface area contributed by atoms with Gasteiger partial charge in [0.05, 0.1) is 12.6 Å². The molecule has 24 heavy (non-hydrogen) atoms. The van der Waals surface area contributed by atoms with Gasteiger partial charge in [0.15, 0.2) is 0 Å². The molecule has 3 rings (SSSR count). The van der Waals surface area contributed by atoms with Crippen LogP contribution >= 0.6 is 0 Å². The first-order valence-electron chi connectivity index (χ1n) is 9.24. The second kappa shape index (κ2) is 7.92. The molecule has 1 aromatic rings. The van der Waals surface area contributed by atoms with E-state index in [1.807, 2.05) is 18.5 Å². The molecular formula is C18H29N5O. The average Bonchev–Trinajstić information content (AvgIpc) is 2.95. The van der Waals surface area contributed by atoms with E-state index >= 15 is 0 Å². The van der Waals surface area contributed by atoms with Gasteiger partial charge in [0, 0.05) is 19.0 Å². The van der Waals surface area contributed by atoms with Gasteiger partial charge in [-0.3, -0.25) is 4.79 Å². The predicted molar refractivity (Wildman–Crippen MR) is 93.6 cm³/mol. The van der Waals surface area contributed by atoms with Crippen LogP contribution in [0.4, 0.5) is 0 Å². The number of fused-ring (bicyclic) bond motifs is 1. The monoisotopic (exact) mass is 331 g/mol. The first kappa shape index (κ1) is 17.1. The molecule has 1 aromatic heterocycles. The highest BCUT2D eigenvalue weighted by Gasteiger charge is 2.24. The summed E-state index contributed by atoms with van der Waals surface area (Å²) in [7, 11) is 0. The molecule has 2 heterocycles. The van der Waals surface area contributed by atoms with Crippen molar-refractivity contribution in [2.45, 2.75) is 77.4 Å². The molecule has 1 aliphatic carbocycles. The molecule has 0 saturated heterocycles. The van der Waals surface area contributed by atoms with Crippen molar-refractivity contribution in [2.24, 2.45) is 0 Å². The van der Waals surface area contributed by atoms with Crippen molar-refractivity contribution < 1.29 is 4.79 Å². The number of carbonyl (C=O) groups is 1. The van der Waals surface area contributed by atoms with Crippen molar-refractivity contribution in [3.05, 3.63) is 23.3 Å². The van der Waals surface area contributed by atoms with Crippen LogP contribution in [0.15, 0.2) is 11.6 Å². The van der Waals surface area contributed by atoms with E-state index in [1.165, 1.54) is 31.3 Å². The zero-order valence-electron chi connectivity index (χ0n) is 14.8. The highest BCUT2D eigenvalue weighted by atomic mass is 16.2. The number of allylic oxidation sites excluding steroid dienone is 1. The van der Waals surface area contributed by atoms with Crippen molar-refractivity contribution in [3.8, 4) is 0 Å². The van der Waals surface area contributed by atoms with E-state index in [1.54, 1.807) is 0 Å². The second-order valence-corrected chi connectivity index (χ2v) is 7.03. The van der Waals surface area contributed by atoms with E-state index in [2.05, 4.69) is 26.8 Å². The van der Waals surface area contributed by atoms with Crippen molar-refractivity contribution in [1.29, 1.82) is 0 Å². The predicted octanol–water partition coefficient (Wildman–Crippen LogP) is 1.89. The molecule has 1 amide bonds. The number of aryl methyl sites for hydroxylation is 2. The molecule has 1 aliphatic heterocycles. The number of amides is 1. The van der Waals surface area contributed by atoms with Crippen LogP contribution in [0.2, 0.25) is 0 Å². The molecule has 132 valence electrons. The van der Waals surface area contributed by atoms with E-state index in [0.717, 1.165) is 44.0 Å². The molecule has 0 spiro atoms. The molecular weight excluding hydrogens is 302 g/mol. The third-order valence-electron chi connectivity index (χ3n) is 4.97. The largest absolute Gasteiger partial charge is 0.354 e. The van der Waals surface area contributed by atoms with Gasteiger partial charge in [-0.25, -0.2) is 9.67 Å². The lowest BCUT2D eigenvalue weighted by atomic mass is 9.97. The Labute approximate surface area is 144 Å². The number of nitrogens with zero attached hydrogens (tertiary/aromatic N) is 3. The SMILES string of the molecule is Cc1nc2n(n1)C[C@H](N[C@H](C)C(=O)NCCC1=CCCCC1)CC2. The standard InChI is InChI=1S/C18H29N5O/c1-13(18(24)19-11-10-15-6-4-3-5-7-15)20-16-8-9-17-21-14(2)22-23(17)12-16/h6,13,16,20H,3-5,7-12H2,1-2H3,(H,19,24)/t13-,16-/m1/s1. The Morgan fingerprint density at radius 3 is 3.08 bits per heavy atom. The molecule has 6 heteroatoms. The Morgan fingerprint density at radius 2 is 2.29 bits per heavy atom. The average molecular weight is 331 g/mol. The van der Waals surface area contributed by atoms with Crippen molar-refractivity contribution in [2.75, 3.05) is 6.54 Å². The summed E-state index contributed by atoms with van der Waals surface area (Å²) in [6.07, 6.45) is 10.3. The molecule has 0 radical (unpaired) electrons. The molecule has 0 bridgehead atoms. The van der Waals surface area contributed by atoms with Crippen LogP contribution in [0.1, 0.15) is 57.1 Å². The fraction of sp³-hybridized carbons (Fsp3) is 0.722. The minimum Gasteiger partial charge on any atom is -0.354 e. The molecule has 0 unspecified atom stereocenters. The topological polar surface area (TPSA) is 71.8 Å². The third kappa shape index (κ3) is 4.44. The zero-order chi connectivity index (χ0) is 16.9. The molecule has 0 saturated carbocycles. The summed E-state index contributed by atoms with van der Waals surface area (Å²) in [5.74, 6) is 1.98. The summed E-state index contributed by atoms with van der Waals surface area (Å²) in [4.78, 5) is 16.7. The summed E-state index contributed by atoms with van der Waals surface area (Å²) >= 11 is 0.